The SMILES string of the molecule is COC(=O)c1[nH]c(C)c([C@H](C(C(=O)OC(C)C)C(=O)OC(C)C)C(C)(C)C)c1C. The molecule has 1 aromatic heterocycles. The van der Waals surface area contributed by atoms with Crippen molar-refractivity contribution < 1.29 is 28.6 Å². The van der Waals surface area contributed by atoms with Crippen LogP contribution in [0.2, 0.25) is 0 Å². The summed E-state index contributed by atoms with van der Waals surface area (Å²) in [7, 11) is 1.31. The van der Waals surface area contributed by atoms with Gasteiger partial charge >= 0.3 is 17.9 Å². The third-order valence-corrected chi connectivity index (χ3v) is 4.67. The summed E-state index contributed by atoms with van der Waals surface area (Å²) in [6.07, 6.45) is -0.756. The maximum absolute atomic E-state index is 13.0. The summed E-state index contributed by atoms with van der Waals surface area (Å²) < 4.78 is 15.7. The summed E-state index contributed by atoms with van der Waals surface area (Å²) in [5.41, 5.74) is 1.87. The normalized spacial score (nSPS) is 13.0. The minimum absolute atomic E-state index is 0.308. The predicted octanol–water partition coefficient (Wildman–Crippen LogP) is 4.07. The average Bonchev–Trinajstić information content (AvgIpc) is 2.83. The molecule has 0 saturated carbocycles. The fourth-order valence-corrected chi connectivity index (χ4v) is 3.62. The standard InChI is InChI=1S/C22H35NO6/c1-11(2)28-19(24)16(20(25)29-12(3)4)17(22(7,8)9)15-13(5)18(21(26)27-10)23-14(15)6/h11-12,16-17,23H,1-10H3/t17-/m1/s1. The second-order valence-corrected chi connectivity index (χ2v) is 8.95. The Morgan fingerprint density at radius 1 is 0.897 bits per heavy atom. The molecule has 0 aromatic carbocycles. The van der Waals surface area contributed by atoms with Crippen molar-refractivity contribution in [3.63, 3.8) is 0 Å². The second-order valence-electron chi connectivity index (χ2n) is 8.95. The fraction of sp³-hybridized carbons (Fsp3) is 0.682. The molecule has 0 aliphatic heterocycles. The number of aromatic nitrogens is 1. The summed E-state index contributed by atoms with van der Waals surface area (Å²) in [5.74, 6) is -3.51. The number of aryl methyl sites for hydroxylation is 1. The number of carbonyl (C=O) groups is 3. The van der Waals surface area contributed by atoms with Gasteiger partial charge in [0.2, 0.25) is 0 Å². The molecule has 0 bridgehead atoms. The molecule has 164 valence electrons. The first-order chi connectivity index (χ1) is 13.2. The topological polar surface area (TPSA) is 94.7 Å². The van der Waals surface area contributed by atoms with E-state index in [1.807, 2.05) is 27.7 Å². The predicted molar refractivity (Wildman–Crippen MR) is 110 cm³/mol. The van der Waals surface area contributed by atoms with Gasteiger partial charge in [0.25, 0.3) is 0 Å². The molecule has 0 amide bonds. The lowest BCUT2D eigenvalue weighted by Crippen LogP contribution is -2.40. The lowest BCUT2D eigenvalue weighted by Gasteiger charge is -2.36. The van der Waals surface area contributed by atoms with Gasteiger partial charge < -0.3 is 19.2 Å². The zero-order valence-electron chi connectivity index (χ0n) is 19.3. The number of hydrogen-bond acceptors (Lipinski definition) is 6. The molecule has 1 rings (SSSR count). The van der Waals surface area contributed by atoms with Gasteiger partial charge in [0.1, 0.15) is 5.69 Å². The van der Waals surface area contributed by atoms with Crippen molar-refractivity contribution in [3.05, 3.63) is 22.5 Å². The van der Waals surface area contributed by atoms with Gasteiger partial charge in [-0.25, -0.2) is 4.79 Å². The summed E-state index contributed by atoms with van der Waals surface area (Å²) in [4.78, 5) is 41.3. The van der Waals surface area contributed by atoms with Crippen LogP contribution in [0.4, 0.5) is 0 Å². The largest absolute Gasteiger partial charge is 0.464 e. The Balaban J connectivity index is 3.68. The van der Waals surface area contributed by atoms with Gasteiger partial charge in [0.15, 0.2) is 5.92 Å². The maximum Gasteiger partial charge on any atom is 0.354 e. The lowest BCUT2D eigenvalue weighted by atomic mass is 9.68. The van der Waals surface area contributed by atoms with Gasteiger partial charge in [-0.15, -0.1) is 0 Å². The maximum atomic E-state index is 13.0. The minimum atomic E-state index is -1.17. The van der Waals surface area contributed by atoms with E-state index in [0.717, 1.165) is 5.56 Å². The van der Waals surface area contributed by atoms with Gasteiger partial charge in [0.05, 0.1) is 19.3 Å². The van der Waals surface area contributed by atoms with E-state index in [9.17, 15) is 14.4 Å². The van der Waals surface area contributed by atoms with Crippen LogP contribution in [0.15, 0.2) is 0 Å². The van der Waals surface area contributed by atoms with Crippen molar-refractivity contribution in [1.29, 1.82) is 0 Å². The molecule has 1 heterocycles. The molecule has 7 heteroatoms. The van der Waals surface area contributed by atoms with Gasteiger partial charge in [0, 0.05) is 11.6 Å². The Morgan fingerprint density at radius 2 is 1.34 bits per heavy atom. The molecule has 1 N–H and O–H groups in total. The number of carbonyl (C=O) groups excluding carboxylic acids is 3. The molecule has 0 aliphatic carbocycles. The van der Waals surface area contributed by atoms with Crippen LogP contribution in [-0.4, -0.2) is 42.2 Å². The Bertz CT molecular complexity index is 732. The molecule has 0 spiro atoms. The number of hydrogen-bond donors (Lipinski definition) is 1. The summed E-state index contributed by atoms with van der Waals surface area (Å²) in [6, 6.07) is 0. The van der Waals surface area contributed by atoms with E-state index in [1.54, 1.807) is 34.6 Å². The highest BCUT2D eigenvalue weighted by atomic mass is 16.6. The zero-order valence-corrected chi connectivity index (χ0v) is 19.3. The quantitative estimate of drug-likeness (QED) is 0.414. The number of H-pyrrole nitrogens is 1. The molecule has 0 radical (unpaired) electrons. The Kier molecular flexibility index (Phi) is 8.07. The average molecular weight is 410 g/mol. The third kappa shape index (κ3) is 5.84. The van der Waals surface area contributed by atoms with Crippen LogP contribution in [0.3, 0.4) is 0 Å². The Hall–Kier alpha value is -2.31. The fourth-order valence-electron chi connectivity index (χ4n) is 3.62. The van der Waals surface area contributed by atoms with E-state index in [0.29, 0.717) is 17.0 Å². The lowest BCUT2D eigenvalue weighted by molar-refractivity contribution is -0.169. The van der Waals surface area contributed by atoms with Gasteiger partial charge in [-0.1, -0.05) is 20.8 Å². The number of methoxy groups -OCH3 is 1. The highest BCUT2D eigenvalue weighted by molar-refractivity contribution is 5.97. The molecule has 0 unspecified atom stereocenters. The highest BCUT2D eigenvalue weighted by Gasteiger charge is 2.47. The van der Waals surface area contributed by atoms with E-state index in [4.69, 9.17) is 14.2 Å². The highest BCUT2D eigenvalue weighted by Crippen LogP contribution is 2.45. The number of rotatable bonds is 7. The van der Waals surface area contributed by atoms with E-state index in [1.165, 1.54) is 7.11 Å². The first-order valence-corrected chi connectivity index (χ1v) is 9.90. The van der Waals surface area contributed by atoms with Crippen LogP contribution >= 0.6 is 0 Å². The van der Waals surface area contributed by atoms with Crippen molar-refractivity contribution in [2.45, 2.75) is 80.4 Å². The summed E-state index contributed by atoms with van der Waals surface area (Å²) >= 11 is 0. The zero-order chi connectivity index (χ0) is 22.7. The number of ether oxygens (including phenoxy) is 3. The van der Waals surface area contributed by atoms with Crippen LogP contribution in [0.5, 0.6) is 0 Å². The molecule has 0 fully saturated rings. The van der Waals surface area contributed by atoms with Crippen LogP contribution in [-0.2, 0) is 23.8 Å². The van der Waals surface area contributed by atoms with E-state index in [-0.39, 0.29) is 12.2 Å². The Morgan fingerprint density at radius 3 is 1.69 bits per heavy atom. The van der Waals surface area contributed by atoms with Crippen molar-refractivity contribution in [1.82, 2.24) is 4.98 Å². The van der Waals surface area contributed by atoms with Gasteiger partial charge in [-0.2, -0.15) is 0 Å². The second kappa shape index (κ2) is 9.46. The smallest absolute Gasteiger partial charge is 0.354 e. The van der Waals surface area contributed by atoms with Crippen LogP contribution in [0.25, 0.3) is 0 Å². The number of nitrogens with one attached hydrogen (secondary N) is 1. The minimum Gasteiger partial charge on any atom is -0.464 e. The molecule has 1 atom stereocenters. The Labute approximate surface area is 173 Å². The van der Waals surface area contributed by atoms with Crippen LogP contribution < -0.4 is 0 Å². The van der Waals surface area contributed by atoms with Crippen molar-refractivity contribution in [2.24, 2.45) is 11.3 Å². The van der Waals surface area contributed by atoms with Crippen LogP contribution in [0, 0.1) is 25.2 Å². The molecule has 1 aromatic rings. The first-order valence-electron chi connectivity index (χ1n) is 9.90. The molecular formula is C22H35NO6. The van der Waals surface area contributed by atoms with E-state index >= 15 is 0 Å². The first kappa shape index (κ1) is 24.7. The summed E-state index contributed by atoms with van der Waals surface area (Å²) in [5, 5.41) is 0. The number of aromatic amines is 1. The molecule has 0 aliphatic rings. The molecule has 0 saturated heterocycles. The van der Waals surface area contributed by atoms with Crippen molar-refractivity contribution in [2.75, 3.05) is 7.11 Å². The molecular weight excluding hydrogens is 374 g/mol. The van der Waals surface area contributed by atoms with E-state index < -0.39 is 35.2 Å². The van der Waals surface area contributed by atoms with E-state index in [2.05, 4.69) is 4.98 Å². The molecule has 29 heavy (non-hydrogen) atoms. The van der Waals surface area contributed by atoms with Crippen molar-refractivity contribution >= 4 is 17.9 Å². The van der Waals surface area contributed by atoms with Crippen LogP contribution in [0.1, 0.15) is 81.7 Å². The number of esters is 3. The van der Waals surface area contributed by atoms with Gasteiger partial charge in [-0.3, -0.25) is 9.59 Å². The van der Waals surface area contributed by atoms with Crippen molar-refractivity contribution in [3.8, 4) is 0 Å². The monoisotopic (exact) mass is 409 g/mol. The van der Waals surface area contributed by atoms with Gasteiger partial charge in [-0.05, 0) is 58.1 Å². The summed E-state index contributed by atoms with van der Waals surface area (Å²) in [6.45, 7) is 16.4. The third-order valence-electron chi connectivity index (χ3n) is 4.67. The molecule has 7 nitrogen and oxygen atoms in total.